The van der Waals surface area contributed by atoms with Gasteiger partial charge >= 0.3 is 5.97 Å². The van der Waals surface area contributed by atoms with Crippen molar-refractivity contribution in [1.29, 1.82) is 0 Å². The number of rotatable bonds is 19. The molecular weight excluding hydrogens is 648 g/mol. The van der Waals surface area contributed by atoms with Gasteiger partial charge in [-0.2, -0.15) is 0 Å². The minimum absolute atomic E-state index is 0.0179. The number of hydrogen-bond acceptors (Lipinski definition) is 8. The van der Waals surface area contributed by atoms with Crippen LogP contribution >= 0.6 is 0 Å². The van der Waals surface area contributed by atoms with Gasteiger partial charge in [0.15, 0.2) is 5.79 Å². The molecule has 0 saturated carbocycles. The van der Waals surface area contributed by atoms with E-state index in [1.54, 1.807) is 25.3 Å². The molecule has 51 heavy (non-hydrogen) atoms. The molecule has 2 saturated heterocycles. The summed E-state index contributed by atoms with van der Waals surface area (Å²) in [7, 11) is 3.16. The summed E-state index contributed by atoms with van der Waals surface area (Å²) < 4.78 is 24.7. The molecule has 0 aromatic carbocycles. The van der Waals surface area contributed by atoms with Crippen molar-refractivity contribution >= 4 is 5.97 Å². The Morgan fingerprint density at radius 2 is 1.41 bits per heavy atom. The molecule has 2 rings (SSSR count). The van der Waals surface area contributed by atoms with E-state index < -0.39 is 42.3 Å². The van der Waals surface area contributed by atoms with Gasteiger partial charge in [-0.3, -0.25) is 4.79 Å². The number of carboxylic acid groups (broad SMARTS) is 1. The highest BCUT2D eigenvalue weighted by Gasteiger charge is 2.57. The number of carbonyl (C=O) groups is 1. The second-order valence-corrected chi connectivity index (χ2v) is 15.0. The second kappa shape index (κ2) is 22.0. The van der Waals surface area contributed by atoms with Crippen molar-refractivity contribution in [3.8, 4) is 0 Å². The van der Waals surface area contributed by atoms with E-state index >= 15 is 0 Å². The lowest BCUT2D eigenvalue weighted by atomic mass is 9.74. The molecule has 0 unspecified atom stereocenters. The molecule has 2 aliphatic rings. The van der Waals surface area contributed by atoms with Gasteiger partial charge in [-0.25, -0.2) is 0 Å². The van der Waals surface area contributed by atoms with Crippen LogP contribution in [0.4, 0.5) is 0 Å². The fraction of sp³-hybridized carbons (Fsp3) is 0.690. The summed E-state index contributed by atoms with van der Waals surface area (Å²) in [5.41, 5.74) is 1.26. The van der Waals surface area contributed by atoms with Gasteiger partial charge < -0.3 is 39.4 Å². The third kappa shape index (κ3) is 13.2. The van der Waals surface area contributed by atoms with E-state index in [2.05, 4.69) is 33.8 Å². The highest BCUT2D eigenvalue weighted by molar-refractivity contribution is 5.67. The van der Waals surface area contributed by atoms with Crippen LogP contribution in [0.3, 0.4) is 0 Å². The van der Waals surface area contributed by atoms with Crippen LogP contribution in [0.1, 0.15) is 87.5 Å². The maximum atomic E-state index is 11.5. The maximum absolute atomic E-state index is 11.5. The van der Waals surface area contributed by atoms with Gasteiger partial charge in [0, 0.05) is 44.3 Å². The summed E-state index contributed by atoms with van der Waals surface area (Å²) in [6, 6.07) is 0. The van der Waals surface area contributed by atoms with Crippen molar-refractivity contribution in [2.24, 2.45) is 35.5 Å². The molecule has 1 spiro atoms. The standard InChI is InChI=1S/C42H68O9/c1-11-20-27(2)23-29(4)39(47)33(8)41-31(6)35(49-10)26-42(51-41)36(43)24-30(5)40(50-42)32(7)38(46)28(3)21-18-16-14-12-13-15-17-19-22-34(48-9)25-37(44)45/h12-22,28-36,38-41,43,46-47H,11,23-26H2,1-10H3,(H,44,45)/b13-12-,16-14+,17-15+,21-18-,22-19-,27-20+/t28-,29-,30-,31+,32-,33+,34+,35+,36-,38-,39-,40-,41-,42+/m0/s1. The molecule has 290 valence electrons. The molecule has 0 aliphatic carbocycles. The first kappa shape index (κ1) is 44.8. The zero-order valence-corrected chi connectivity index (χ0v) is 32.7. The van der Waals surface area contributed by atoms with Crippen LogP contribution < -0.4 is 0 Å². The third-order valence-corrected chi connectivity index (χ3v) is 10.9. The van der Waals surface area contributed by atoms with E-state index in [1.807, 2.05) is 70.2 Å². The van der Waals surface area contributed by atoms with E-state index in [0.29, 0.717) is 12.8 Å². The predicted molar refractivity (Wildman–Crippen MR) is 203 cm³/mol. The average molecular weight is 717 g/mol. The second-order valence-electron chi connectivity index (χ2n) is 15.0. The van der Waals surface area contributed by atoms with Crippen molar-refractivity contribution in [2.75, 3.05) is 14.2 Å². The number of aliphatic hydroxyl groups excluding tert-OH is 3. The summed E-state index contributed by atoms with van der Waals surface area (Å²) >= 11 is 0. The molecule has 2 fully saturated rings. The minimum atomic E-state index is -1.30. The summed E-state index contributed by atoms with van der Waals surface area (Å²) in [6.45, 7) is 16.4. The molecule has 14 atom stereocenters. The Morgan fingerprint density at radius 3 is 1.96 bits per heavy atom. The first-order chi connectivity index (χ1) is 24.1. The Kier molecular flexibility index (Phi) is 19.3. The van der Waals surface area contributed by atoms with Crippen LogP contribution in [-0.4, -0.2) is 89.1 Å². The van der Waals surface area contributed by atoms with Gasteiger partial charge in [-0.1, -0.05) is 121 Å². The van der Waals surface area contributed by atoms with E-state index in [0.717, 1.165) is 12.8 Å². The van der Waals surface area contributed by atoms with Crippen molar-refractivity contribution in [3.05, 3.63) is 72.4 Å². The smallest absolute Gasteiger partial charge is 0.306 e. The zero-order chi connectivity index (χ0) is 38.3. The molecule has 0 bridgehead atoms. The predicted octanol–water partition coefficient (Wildman–Crippen LogP) is 7.19. The number of ether oxygens (including phenoxy) is 4. The summed E-state index contributed by atoms with van der Waals surface area (Å²) in [6.07, 6.45) is 19.5. The molecule has 0 aromatic rings. The van der Waals surface area contributed by atoms with E-state index in [1.165, 1.54) is 12.7 Å². The van der Waals surface area contributed by atoms with Crippen molar-refractivity contribution in [1.82, 2.24) is 0 Å². The lowest BCUT2D eigenvalue weighted by molar-refractivity contribution is -0.391. The van der Waals surface area contributed by atoms with E-state index in [4.69, 9.17) is 24.1 Å². The number of hydrogen-bond donors (Lipinski definition) is 4. The average Bonchev–Trinajstić information content (AvgIpc) is 3.09. The highest BCUT2D eigenvalue weighted by Crippen LogP contribution is 2.47. The maximum Gasteiger partial charge on any atom is 0.306 e. The van der Waals surface area contributed by atoms with Gasteiger partial charge in [-0.05, 0) is 38.0 Å². The van der Waals surface area contributed by atoms with E-state index in [-0.39, 0.29) is 54.1 Å². The van der Waals surface area contributed by atoms with E-state index in [9.17, 15) is 20.1 Å². The Morgan fingerprint density at radius 1 is 0.863 bits per heavy atom. The molecule has 4 N–H and O–H groups in total. The molecule has 0 amide bonds. The summed E-state index contributed by atoms with van der Waals surface area (Å²) in [4.78, 5) is 10.8. The van der Waals surface area contributed by atoms with Crippen LogP contribution in [-0.2, 0) is 23.7 Å². The van der Waals surface area contributed by atoms with Crippen LogP contribution in [0.15, 0.2) is 72.4 Å². The minimum Gasteiger partial charge on any atom is -0.481 e. The summed E-state index contributed by atoms with van der Waals surface area (Å²) in [5, 5.41) is 43.4. The van der Waals surface area contributed by atoms with Crippen LogP contribution in [0, 0.1) is 35.5 Å². The third-order valence-electron chi connectivity index (χ3n) is 10.9. The Bertz CT molecular complexity index is 1220. The van der Waals surface area contributed by atoms with Gasteiger partial charge in [0.2, 0.25) is 0 Å². The fourth-order valence-electron chi connectivity index (χ4n) is 7.73. The van der Waals surface area contributed by atoms with Crippen molar-refractivity contribution < 1.29 is 44.2 Å². The fourth-order valence-corrected chi connectivity index (χ4v) is 7.73. The van der Waals surface area contributed by atoms with Crippen LogP contribution in [0.5, 0.6) is 0 Å². The molecule has 9 heteroatoms. The van der Waals surface area contributed by atoms with Gasteiger partial charge in [-0.15, -0.1) is 0 Å². The number of allylic oxidation sites excluding steroid dienone is 10. The normalized spacial score (nSPS) is 32.3. The molecule has 2 heterocycles. The van der Waals surface area contributed by atoms with Gasteiger partial charge in [0.1, 0.15) is 6.10 Å². The van der Waals surface area contributed by atoms with Crippen LogP contribution in [0.2, 0.25) is 0 Å². The molecular formula is C42H68O9. The summed E-state index contributed by atoms with van der Waals surface area (Å²) in [5.74, 6) is -2.87. The SMILES string of the molecule is CC/C=C(\C)C[C@H](C)[C@H](O)[C@@H](C)[C@H]1O[C@@]2(C[C@@H](OC)[C@H]1C)O[C@H]([C@@H](C)[C@@H](O)[C@@H](C)\C=C/C=C/C=C\C=C\C=C/[C@H](CC(=O)O)OC)[C@@H](C)C[C@@H]2O. The zero-order valence-electron chi connectivity index (χ0n) is 32.7. The highest BCUT2D eigenvalue weighted by atomic mass is 16.7. The van der Waals surface area contributed by atoms with Gasteiger partial charge in [0.05, 0.1) is 43.0 Å². The number of methoxy groups -OCH3 is 2. The quantitative estimate of drug-likeness (QED) is 0.0809. The Balaban J connectivity index is 2.10. The molecule has 0 radical (unpaired) electrons. The lowest BCUT2D eigenvalue weighted by Crippen LogP contribution is -2.65. The largest absolute Gasteiger partial charge is 0.481 e. The van der Waals surface area contributed by atoms with Crippen molar-refractivity contribution in [3.63, 3.8) is 0 Å². The number of aliphatic hydroxyl groups is 3. The first-order valence-corrected chi connectivity index (χ1v) is 18.8. The lowest BCUT2D eigenvalue weighted by Gasteiger charge is -2.56. The topological polar surface area (TPSA) is 135 Å². The first-order valence-electron chi connectivity index (χ1n) is 18.8. The van der Waals surface area contributed by atoms with Gasteiger partial charge in [0.25, 0.3) is 0 Å². The molecule has 9 nitrogen and oxygen atoms in total. The monoisotopic (exact) mass is 716 g/mol. The number of aliphatic carboxylic acids is 1. The Labute approximate surface area is 307 Å². The molecule has 0 aromatic heterocycles. The van der Waals surface area contributed by atoms with Crippen LogP contribution in [0.25, 0.3) is 0 Å². The number of carboxylic acids is 1. The van der Waals surface area contributed by atoms with Crippen molar-refractivity contribution in [2.45, 2.75) is 136 Å². The Hall–Kier alpha value is -2.37. The molecule has 2 aliphatic heterocycles.